The van der Waals surface area contributed by atoms with E-state index in [9.17, 15) is 8.42 Å². The molecule has 0 saturated carbocycles. The van der Waals surface area contributed by atoms with E-state index >= 15 is 0 Å². The highest BCUT2D eigenvalue weighted by atomic mass is 79.9. The summed E-state index contributed by atoms with van der Waals surface area (Å²) in [6, 6.07) is 12.3. The van der Waals surface area contributed by atoms with Gasteiger partial charge >= 0.3 is 0 Å². The highest BCUT2D eigenvalue weighted by Crippen LogP contribution is 2.31. The Kier molecular flexibility index (Phi) is 4.71. The molecule has 25 heavy (non-hydrogen) atoms. The zero-order valence-corrected chi connectivity index (χ0v) is 16.4. The van der Waals surface area contributed by atoms with Crippen molar-refractivity contribution in [1.82, 2.24) is 5.16 Å². The summed E-state index contributed by atoms with van der Waals surface area (Å²) in [6.45, 7) is 5.41. The second kappa shape index (κ2) is 6.65. The number of nitrogens with one attached hydrogen (secondary N) is 1. The zero-order chi connectivity index (χ0) is 18.2. The summed E-state index contributed by atoms with van der Waals surface area (Å²) in [5.41, 5.74) is 3.47. The van der Waals surface area contributed by atoms with Crippen molar-refractivity contribution >= 4 is 31.6 Å². The first-order valence-electron chi connectivity index (χ1n) is 7.60. The van der Waals surface area contributed by atoms with E-state index in [1.807, 2.05) is 26.0 Å². The number of hydrogen-bond acceptors (Lipinski definition) is 4. The molecule has 5 nitrogen and oxygen atoms in total. The molecule has 0 saturated heterocycles. The number of benzene rings is 2. The number of hydrogen-bond donors (Lipinski definition) is 1. The predicted molar refractivity (Wildman–Crippen MR) is 101 cm³/mol. The highest BCUT2D eigenvalue weighted by Gasteiger charge is 2.20. The Labute approximate surface area is 155 Å². The van der Waals surface area contributed by atoms with Crippen LogP contribution in [0.5, 0.6) is 0 Å². The Balaban J connectivity index is 2.06. The van der Waals surface area contributed by atoms with Gasteiger partial charge in [0.1, 0.15) is 5.76 Å². The van der Waals surface area contributed by atoms with Crippen LogP contribution in [-0.4, -0.2) is 13.6 Å². The molecular formula is C18H17BrN2O3S. The van der Waals surface area contributed by atoms with E-state index in [1.54, 1.807) is 37.3 Å². The van der Waals surface area contributed by atoms with Crippen molar-refractivity contribution in [3.63, 3.8) is 0 Å². The normalized spacial score (nSPS) is 11.5. The van der Waals surface area contributed by atoms with Crippen LogP contribution in [0.15, 0.2) is 56.4 Å². The molecule has 0 fully saturated rings. The Morgan fingerprint density at radius 2 is 1.84 bits per heavy atom. The van der Waals surface area contributed by atoms with Crippen LogP contribution in [0.2, 0.25) is 0 Å². The number of nitrogens with zero attached hydrogens (tertiary/aromatic N) is 1. The number of aromatic nitrogens is 1. The topological polar surface area (TPSA) is 72.2 Å². The van der Waals surface area contributed by atoms with Gasteiger partial charge in [-0.3, -0.25) is 4.72 Å². The quantitative estimate of drug-likeness (QED) is 0.655. The summed E-state index contributed by atoms with van der Waals surface area (Å²) in [7, 11) is -3.72. The Hall–Kier alpha value is -2.12. The van der Waals surface area contributed by atoms with Gasteiger partial charge in [0.15, 0.2) is 0 Å². The first kappa shape index (κ1) is 17.7. The molecule has 0 aliphatic rings. The van der Waals surface area contributed by atoms with Crippen LogP contribution in [0, 0.1) is 20.8 Å². The first-order chi connectivity index (χ1) is 11.8. The van der Waals surface area contributed by atoms with Gasteiger partial charge < -0.3 is 4.52 Å². The highest BCUT2D eigenvalue weighted by molar-refractivity contribution is 9.10. The molecular weight excluding hydrogens is 404 g/mol. The summed E-state index contributed by atoms with van der Waals surface area (Å²) in [5, 5.41) is 3.94. The van der Waals surface area contributed by atoms with Crippen molar-refractivity contribution in [1.29, 1.82) is 0 Å². The van der Waals surface area contributed by atoms with Crippen LogP contribution in [0.4, 0.5) is 5.69 Å². The van der Waals surface area contributed by atoms with Gasteiger partial charge in [0.25, 0.3) is 10.0 Å². The van der Waals surface area contributed by atoms with Gasteiger partial charge in [-0.15, -0.1) is 0 Å². The van der Waals surface area contributed by atoms with Gasteiger partial charge in [0.05, 0.1) is 10.6 Å². The Morgan fingerprint density at radius 3 is 2.48 bits per heavy atom. The summed E-state index contributed by atoms with van der Waals surface area (Å²) in [5.74, 6) is 0.657. The van der Waals surface area contributed by atoms with E-state index in [2.05, 4.69) is 25.8 Å². The average molecular weight is 421 g/mol. The Morgan fingerprint density at radius 1 is 1.08 bits per heavy atom. The smallest absolute Gasteiger partial charge is 0.262 e. The molecule has 0 bridgehead atoms. The molecule has 0 aliphatic heterocycles. The van der Waals surface area contributed by atoms with Gasteiger partial charge in [0.2, 0.25) is 0 Å². The van der Waals surface area contributed by atoms with Crippen LogP contribution in [0.25, 0.3) is 11.1 Å². The SMILES string of the molecule is Cc1ccc(-c2c(C)noc2C)cc1S(=O)(=O)Nc1cccc(Br)c1. The average Bonchev–Trinajstić information content (AvgIpc) is 2.86. The lowest BCUT2D eigenvalue weighted by molar-refractivity contribution is 0.393. The van der Waals surface area contributed by atoms with Crippen molar-refractivity contribution in [2.75, 3.05) is 4.72 Å². The number of aryl methyl sites for hydroxylation is 3. The maximum absolute atomic E-state index is 12.9. The minimum atomic E-state index is -3.72. The van der Waals surface area contributed by atoms with Crippen molar-refractivity contribution in [2.45, 2.75) is 25.7 Å². The van der Waals surface area contributed by atoms with Crippen molar-refractivity contribution in [2.24, 2.45) is 0 Å². The summed E-state index contributed by atoms with van der Waals surface area (Å²) >= 11 is 3.34. The predicted octanol–water partition coefficient (Wildman–Crippen LogP) is 4.83. The van der Waals surface area contributed by atoms with Gasteiger partial charge in [0, 0.05) is 15.7 Å². The van der Waals surface area contributed by atoms with Crippen molar-refractivity contribution in [3.8, 4) is 11.1 Å². The summed E-state index contributed by atoms with van der Waals surface area (Å²) in [4.78, 5) is 0.227. The molecule has 0 radical (unpaired) electrons. The van der Waals surface area contributed by atoms with E-state index in [4.69, 9.17) is 4.52 Å². The standard InChI is InChI=1S/C18H17BrN2O3S/c1-11-7-8-14(18-12(2)20-24-13(18)3)9-17(11)25(22,23)21-16-6-4-5-15(19)10-16/h4-10,21H,1-3H3. The largest absolute Gasteiger partial charge is 0.361 e. The molecule has 0 unspecified atom stereocenters. The summed E-state index contributed by atoms with van der Waals surface area (Å²) in [6.07, 6.45) is 0. The third-order valence-corrected chi connectivity index (χ3v) is 5.89. The molecule has 0 aliphatic carbocycles. The molecule has 3 rings (SSSR count). The molecule has 1 aromatic heterocycles. The minimum Gasteiger partial charge on any atom is -0.361 e. The van der Waals surface area contributed by atoms with Gasteiger partial charge in [-0.1, -0.05) is 39.3 Å². The molecule has 2 aromatic carbocycles. The van der Waals surface area contributed by atoms with Gasteiger partial charge in [-0.2, -0.15) is 0 Å². The molecule has 0 atom stereocenters. The van der Waals surface area contributed by atoms with Gasteiger partial charge in [-0.25, -0.2) is 8.42 Å². The maximum atomic E-state index is 12.9. The fourth-order valence-electron chi connectivity index (χ4n) is 2.70. The number of halogens is 1. The molecule has 1 heterocycles. The summed E-state index contributed by atoms with van der Waals surface area (Å²) < 4.78 is 34.3. The number of rotatable bonds is 4. The van der Waals surface area contributed by atoms with E-state index in [-0.39, 0.29) is 4.90 Å². The lowest BCUT2D eigenvalue weighted by Gasteiger charge is -2.12. The van der Waals surface area contributed by atoms with E-state index < -0.39 is 10.0 Å². The van der Waals surface area contributed by atoms with E-state index in [0.29, 0.717) is 17.0 Å². The van der Waals surface area contributed by atoms with Crippen molar-refractivity contribution < 1.29 is 12.9 Å². The van der Waals surface area contributed by atoms with Crippen LogP contribution < -0.4 is 4.72 Å². The lowest BCUT2D eigenvalue weighted by atomic mass is 10.0. The molecule has 0 amide bonds. The van der Waals surface area contributed by atoms with Crippen LogP contribution >= 0.6 is 15.9 Å². The lowest BCUT2D eigenvalue weighted by Crippen LogP contribution is -2.14. The van der Waals surface area contributed by atoms with Crippen LogP contribution in [0.1, 0.15) is 17.0 Å². The van der Waals surface area contributed by atoms with Crippen LogP contribution in [-0.2, 0) is 10.0 Å². The van der Waals surface area contributed by atoms with Crippen molar-refractivity contribution in [3.05, 3.63) is 64.0 Å². The monoisotopic (exact) mass is 420 g/mol. The maximum Gasteiger partial charge on any atom is 0.262 e. The fourth-order valence-corrected chi connectivity index (χ4v) is 4.42. The van der Waals surface area contributed by atoms with E-state index in [0.717, 1.165) is 21.3 Å². The molecule has 3 aromatic rings. The number of sulfonamides is 1. The second-order valence-electron chi connectivity index (χ2n) is 5.80. The fraction of sp³-hybridized carbons (Fsp3) is 0.167. The number of anilines is 1. The second-order valence-corrected chi connectivity index (χ2v) is 8.36. The minimum absolute atomic E-state index is 0.227. The first-order valence-corrected chi connectivity index (χ1v) is 9.88. The third kappa shape index (κ3) is 3.62. The molecule has 130 valence electrons. The van der Waals surface area contributed by atoms with Crippen LogP contribution in [0.3, 0.4) is 0 Å². The van der Waals surface area contributed by atoms with Gasteiger partial charge in [-0.05, 0) is 56.2 Å². The zero-order valence-electron chi connectivity index (χ0n) is 14.0. The van der Waals surface area contributed by atoms with E-state index in [1.165, 1.54) is 0 Å². The third-order valence-electron chi connectivity index (χ3n) is 3.88. The molecule has 0 spiro atoms. The molecule has 1 N–H and O–H groups in total. The Bertz CT molecular complexity index is 1020. The molecule has 7 heteroatoms.